The van der Waals surface area contributed by atoms with E-state index in [2.05, 4.69) is 19.2 Å². The first-order valence-electron chi connectivity index (χ1n) is 12.1. The summed E-state index contributed by atoms with van der Waals surface area (Å²) in [6, 6.07) is 5.78. The lowest BCUT2D eigenvalue weighted by Crippen LogP contribution is -2.51. The van der Waals surface area contributed by atoms with Crippen LogP contribution in [0.25, 0.3) is 0 Å². The van der Waals surface area contributed by atoms with Crippen LogP contribution < -0.4 is 15.0 Å². The van der Waals surface area contributed by atoms with Crippen molar-refractivity contribution in [3.8, 4) is 5.75 Å². The molecule has 168 valence electrons. The van der Waals surface area contributed by atoms with Crippen molar-refractivity contribution in [2.24, 2.45) is 34.5 Å². The molecule has 0 spiro atoms. The molecule has 5 nitrogen and oxygen atoms in total. The number of carbonyl (C=O) groups is 2. The highest BCUT2D eigenvalue weighted by molar-refractivity contribution is 6.00. The summed E-state index contributed by atoms with van der Waals surface area (Å²) >= 11 is 0. The van der Waals surface area contributed by atoms with Gasteiger partial charge in [-0.15, -0.1) is 0 Å². The largest absolute Gasteiger partial charge is 0.490 e. The lowest BCUT2D eigenvalue weighted by Gasteiger charge is -2.55. The first-order valence-corrected chi connectivity index (χ1v) is 12.1. The van der Waals surface area contributed by atoms with Gasteiger partial charge in [0.25, 0.3) is 0 Å². The van der Waals surface area contributed by atoms with Gasteiger partial charge in [0.2, 0.25) is 11.8 Å². The van der Waals surface area contributed by atoms with E-state index in [-0.39, 0.29) is 17.2 Å². The van der Waals surface area contributed by atoms with Crippen LogP contribution in [-0.4, -0.2) is 25.0 Å². The van der Waals surface area contributed by atoms with Gasteiger partial charge in [-0.2, -0.15) is 0 Å². The molecular formula is C26H36N2O3. The molecule has 1 aromatic carbocycles. The second kappa shape index (κ2) is 7.25. The second-order valence-corrected chi connectivity index (χ2v) is 11.8. The lowest BCUT2D eigenvalue weighted by molar-refractivity contribution is -0.140. The Kier molecular flexibility index (Phi) is 4.87. The molecule has 4 aliphatic carbocycles. The van der Waals surface area contributed by atoms with E-state index in [1.807, 2.05) is 36.9 Å². The molecule has 31 heavy (non-hydrogen) atoms. The summed E-state index contributed by atoms with van der Waals surface area (Å²) in [5, 5.41) is 3.23. The Bertz CT molecular complexity index is 869. The monoisotopic (exact) mass is 424 g/mol. The van der Waals surface area contributed by atoms with Crippen LogP contribution in [0.15, 0.2) is 18.2 Å². The van der Waals surface area contributed by atoms with Crippen LogP contribution >= 0.6 is 0 Å². The number of hydrogen-bond acceptors (Lipinski definition) is 3. The molecule has 1 aromatic rings. The summed E-state index contributed by atoms with van der Waals surface area (Å²) in [4.78, 5) is 28.5. The van der Waals surface area contributed by atoms with Crippen molar-refractivity contribution in [3.05, 3.63) is 18.2 Å². The first kappa shape index (κ1) is 20.8. The van der Waals surface area contributed by atoms with E-state index in [1.54, 1.807) is 0 Å². The highest BCUT2D eigenvalue weighted by Gasteiger charge is 2.54. The molecule has 0 saturated heterocycles. The summed E-state index contributed by atoms with van der Waals surface area (Å²) in [6.45, 7) is 9.09. The van der Waals surface area contributed by atoms with Gasteiger partial charge in [-0.25, -0.2) is 0 Å². The van der Waals surface area contributed by atoms with E-state index < -0.39 is 5.41 Å². The quantitative estimate of drug-likeness (QED) is 0.718. The van der Waals surface area contributed by atoms with Gasteiger partial charge in [0.05, 0.1) is 16.5 Å². The Hall–Kier alpha value is -2.04. The maximum Gasteiger partial charge on any atom is 0.236 e. The predicted molar refractivity (Wildman–Crippen MR) is 122 cm³/mol. The predicted octanol–water partition coefficient (Wildman–Crippen LogP) is 5.25. The zero-order valence-electron chi connectivity index (χ0n) is 19.4. The normalized spacial score (nSPS) is 33.1. The third kappa shape index (κ3) is 3.64. The van der Waals surface area contributed by atoms with Crippen molar-refractivity contribution in [2.75, 3.05) is 23.4 Å². The highest BCUT2D eigenvalue weighted by atomic mass is 16.5. The molecule has 5 aliphatic rings. The smallest absolute Gasteiger partial charge is 0.236 e. The van der Waals surface area contributed by atoms with Crippen molar-refractivity contribution in [3.63, 3.8) is 0 Å². The van der Waals surface area contributed by atoms with Gasteiger partial charge < -0.3 is 15.0 Å². The number of anilines is 2. The molecule has 0 aromatic heterocycles. The number of nitrogens with zero attached hydrogens (tertiary/aromatic N) is 1. The van der Waals surface area contributed by atoms with Crippen molar-refractivity contribution < 1.29 is 14.3 Å². The van der Waals surface area contributed by atoms with Gasteiger partial charge >= 0.3 is 0 Å². The highest BCUT2D eigenvalue weighted by Crippen LogP contribution is 2.60. The average Bonchev–Trinajstić information content (AvgIpc) is 2.77. The molecule has 0 unspecified atom stereocenters. The molecule has 4 bridgehead atoms. The van der Waals surface area contributed by atoms with Crippen LogP contribution in [-0.2, 0) is 9.59 Å². The molecule has 0 radical (unpaired) electrons. The van der Waals surface area contributed by atoms with E-state index in [1.165, 1.54) is 19.3 Å². The van der Waals surface area contributed by atoms with Crippen LogP contribution in [0.4, 0.5) is 11.4 Å². The Morgan fingerprint density at radius 3 is 2.32 bits per heavy atom. The molecule has 1 N–H and O–H groups in total. The maximum atomic E-state index is 13.5. The summed E-state index contributed by atoms with van der Waals surface area (Å²) in [7, 11) is 0. The third-order valence-corrected chi connectivity index (χ3v) is 7.99. The van der Waals surface area contributed by atoms with Gasteiger partial charge in [0, 0.05) is 18.3 Å². The summed E-state index contributed by atoms with van der Waals surface area (Å²) in [6.07, 6.45) is 7.14. The zero-order valence-corrected chi connectivity index (χ0v) is 19.4. The van der Waals surface area contributed by atoms with Crippen molar-refractivity contribution >= 4 is 23.2 Å². The van der Waals surface area contributed by atoms with Crippen molar-refractivity contribution in [2.45, 2.75) is 66.2 Å². The summed E-state index contributed by atoms with van der Waals surface area (Å²) in [5.41, 5.74) is 0.814. The summed E-state index contributed by atoms with van der Waals surface area (Å²) < 4.78 is 6.10. The number of nitrogens with one attached hydrogen (secondary N) is 1. The standard InChI is InChI=1S/C26H36N2O3/c1-16(2)14-28-21-6-5-20(10-22(21)31-15-25(3,4)24(28)30)27-23(29)26-11-17-7-18(12-26)9-19(8-17)13-26/h5-6,10,16-19H,7-9,11-15H2,1-4H3,(H,27,29). The number of ether oxygens (including phenoxy) is 1. The number of amides is 2. The van der Waals surface area contributed by atoms with Gasteiger partial charge in [0.15, 0.2) is 0 Å². The molecule has 1 aliphatic heterocycles. The van der Waals surface area contributed by atoms with Crippen LogP contribution in [0.3, 0.4) is 0 Å². The van der Waals surface area contributed by atoms with E-state index in [0.717, 1.165) is 48.4 Å². The second-order valence-electron chi connectivity index (χ2n) is 11.8. The maximum absolute atomic E-state index is 13.5. The summed E-state index contributed by atoms with van der Waals surface area (Å²) in [5.74, 6) is 3.53. The Balaban J connectivity index is 1.40. The fourth-order valence-electron chi connectivity index (χ4n) is 6.92. The Morgan fingerprint density at radius 1 is 1.13 bits per heavy atom. The number of fused-ring (bicyclic) bond motifs is 1. The molecule has 4 fully saturated rings. The number of rotatable bonds is 4. The minimum absolute atomic E-state index is 0.0882. The molecule has 0 atom stereocenters. The fourth-order valence-corrected chi connectivity index (χ4v) is 6.92. The third-order valence-electron chi connectivity index (χ3n) is 7.99. The van der Waals surface area contributed by atoms with Crippen LogP contribution in [0.2, 0.25) is 0 Å². The molecule has 5 heteroatoms. The van der Waals surface area contributed by atoms with Crippen molar-refractivity contribution in [1.29, 1.82) is 0 Å². The molecule has 1 heterocycles. The SMILES string of the molecule is CC(C)CN1C(=O)C(C)(C)COc2cc(NC(=O)C34CC5CC(CC(C5)C3)C4)ccc21. The van der Waals surface area contributed by atoms with Crippen molar-refractivity contribution in [1.82, 2.24) is 0 Å². The number of carbonyl (C=O) groups excluding carboxylic acids is 2. The van der Waals surface area contributed by atoms with E-state index in [4.69, 9.17) is 4.74 Å². The van der Waals surface area contributed by atoms with Crippen LogP contribution in [0.5, 0.6) is 5.75 Å². The molecular weight excluding hydrogens is 388 g/mol. The Labute approximate surface area is 185 Å². The van der Waals surface area contributed by atoms with Gasteiger partial charge in [0.1, 0.15) is 12.4 Å². The average molecular weight is 425 g/mol. The minimum atomic E-state index is -0.587. The number of hydrogen-bond donors (Lipinski definition) is 1. The van der Waals surface area contributed by atoms with E-state index >= 15 is 0 Å². The van der Waals surface area contributed by atoms with E-state index in [9.17, 15) is 9.59 Å². The number of benzene rings is 1. The van der Waals surface area contributed by atoms with E-state index in [0.29, 0.717) is 24.8 Å². The van der Waals surface area contributed by atoms with Crippen LogP contribution in [0.1, 0.15) is 66.2 Å². The van der Waals surface area contributed by atoms with Crippen LogP contribution in [0, 0.1) is 34.5 Å². The first-order chi connectivity index (χ1) is 14.6. The minimum Gasteiger partial charge on any atom is -0.490 e. The molecule has 4 saturated carbocycles. The zero-order chi connectivity index (χ0) is 22.0. The Morgan fingerprint density at radius 2 is 1.74 bits per heavy atom. The molecule has 2 amide bonds. The van der Waals surface area contributed by atoms with Gasteiger partial charge in [-0.3, -0.25) is 9.59 Å². The lowest BCUT2D eigenvalue weighted by atomic mass is 9.49. The molecule has 6 rings (SSSR count). The topological polar surface area (TPSA) is 58.6 Å². The van der Waals surface area contributed by atoms with Gasteiger partial charge in [-0.1, -0.05) is 13.8 Å². The van der Waals surface area contributed by atoms with Gasteiger partial charge in [-0.05, 0) is 88.2 Å². The fraction of sp³-hybridized carbons (Fsp3) is 0.692.